The number of aryl methyl sites for hydroxylation is 4. The van der Waals surface area contributed by atoms with Crippen LogP contribution >= 0.6 is 0 Å². The van der Waals surface area contributed by atoms with E-state index in [1.165, 1.54) is 15.7 Å². The Kier molecular flexibility index (Phi) is 4.14. The second kappa shape index (κ2) is 6.40. The minimum Gasteiger partial charge on any atom is -0.383 e. The van der Waals surface area contributed by atoms with Crippen LogP contribution in [0.15, 0.2) is 27.8 Å². The van der Waals surface area contributed by atoms with Crippen molar-refractivity contribution in [3.63, 3.8) is 0 Å². The summed E-state index contributed by atoms with van der Waals surface area (Å²) in [6.07, 6.45) is 0. The minimum absolute atomic E-state index is 0.392. The van der Waals surface area contributed by atoms with Crippen LogP contribution in [0.5, 0.6) is 0 Å². The van der Waals surface area contributed by atoms with Gasteiger partial charge in [-0.25, -0.2) is 4.79 Å². The smallest absolute Gasteiger partial charge is 0.329 e. The lowest BCUT2D eigenvalue weighted by atomic mass is 10.1. The van der Waals surface area contributed by atoms with Crippen molar-refractivity contribution in [1.82, 2.24) is 23.5 Å². The van der Waals surface area contributed by atoms with Gasteiger partial charge in [0.05, 0.1) is 0 Å². The molecule has 0 aliphatic rings. The van der Waals surface area contributed by atoms with Gasteiger partial charge in [0.15, 0.2) is 11.2 Å². The Morgan fingerprint density at radius 1 is 1.04 bits per heavy atom. The van der Waals surface area contributed by atoms with Gasteiger partial charge < -0.3 is 9.88 Å². The van der Waals surface area contributed by atoms with Crippen LogP contribution in [0, 0.1) is 27.7 Å². The number of aromatic amines is 1. The zero-order chi connectivity index (χ0) is 20.2. The molecule has 0 saturated heterocycles. The third-order valence-electron chi connectivity index (χ3n) is 5.29. The number of rotatable bonds is 4. The minimum atomic E-state index is -0.462. The Bertz CT molecular complexity index is 1310. The molecule has 0 atom stereocenters. The normalized spacial score (nSPS) is 11.6. The van der Waals surface area contributed by atoms with Gasteiger partial charge in [0.2, 0.25) is 5.78 Å². The lowest BCUT2D eigenvalue weighted by Crippen LogP contribution is -2.28. The van der Waals surface area contributed by atoms with Gasteiger partial charge in [-0.05, 0) is 51.0 Å². The van der Waals surface area contributed by atoms with Crippen LogP contribution in [-0.2, 0) is 13.6 Å². The molecule has 4 aromatic rings. The highest BCUT2D eigenvalue weighted by Gasteiger charge is 2.20. The van der Waals surface area contributed by atoms with Crippen LogP contribution in [0.3, 0.4) is 0 Å². The maximum Gasteiger partial charge on any atom is 0.329 e. The van der Waals surface area contributed by atoms with Crippen LogP contribution < -0.4 is 16.6 Å². The Hall–Kier alpha value is -3.29. The van der Waals surface area contributed by atoms with E-state index >= 15 is 0 Å². The molecule has 0 fully saturated rings. The van der Waals surface area contributed by atoms with Gasteiger partial charge >= 0.3 is 5.69 Å². The summed E-state index contributed by atoms with van der Waals surface area (Å²) in [5.74, 6) is 0.666. The molecule has 8 nitrogen and oxygen atoms in total. The molecule has 0 amide bonds. The van der Waals surface area contributed by atoms with E-state index in [4.69, 9.17) is 0 Å². The Morgan fingerprint density at radius 2 is 1.71 bits per heavy atom. The Balaban J connectivity index is 1.75. The van der Waals surface area contributed by atoms with Gasteiger partial charge in [-0.2, -0.15) is 4.98 Å². The highest BCUT2D eigenvalue weighted by molar-refractivity contribution is 5.76. The van der Waals surface area contributed by atoms with Crippen molar-refractivity contribution in [2.45, 2.75) is 34.2 Å². The molecule has 146 valence electrons. The number of fused-ring (bicyclic) bond motifs is 3. The molecule has 0 unspecified atom stereocenters. The summed E-state index contributed by atoms with van der Waals surface area (Å²) in [5.41, 5.74) is 5.42. The van der Waals surface area contributed by atoms with Gasteiger partial charge in [-0.1, -0.05) is 6.07 Å². The molecule has 0 aliphatic carbocycles. The third kappa shape index (κ3) is 2.72. The topological polar surface area (TPSA) is 89.1 Å². The van der Waals surface area contributed by atoms with Crippen molar-refractivity contribution in [3.8, 4) is 0 Å². The lowest BCUT2D eigenvalue weighted by Gasteiger charge is -2.10. The van der Waals surface area contributed by atoms with Gasteiger partial charge in [-0.15, -0.1) is 0 Å². The van der Waals surface area contributed by atoms with Crippen molar-refractivity contribution in [2.75, 3.05) is 11.9 Å². The van der Waals surface area contributed by atoms with E-state index in [1.807, 2.05) is 18.2 Å². The van der Waals surface area contributed by atoms with Crippen molar-refractivity contribution in [3.05, 3.63) is 61.6 Å². The van der Waals surface area contributed by atoms with E-state index in [0.717, 1.165) is 17.1 Å². The predicted octanol–water partition coefficient (Wildman–Crippen LogP) is 2.02. The maximum absolute atomic E-state index is 12.4. The van der Waals surface area contributed by atoms with Gasteiger partial charge in [0.25, 0.3) is 5.56 Å². The second-order valence-corrected chi connectivity index (χ2v) is 7.36. The van der Waals surface area contributed by atoms with Crippen LogP contribution in [-0.4, -0.2) is 30.0 Å². The first-order chi connectivity index (χ1) is 13.3. The molecule has 0 spiro atoms. The van der Waals surface area contributed by atoms with Crippen molar-refractivity contribution in [2.24, 2.45) is 7.05 Å². The van der Waals surface area contributed by atoms with E-state index in [0.29, 0.717) is 30.0 Å². The molecule has 3 heterocycles. The molecule has 0 bridgehead atoms. The number of imidazole rings is 2. The summed E-state index contributed by atoms with van der Waals surface area (Å²) < 4.78 is 5.28. The number of hydrogen-bond donors (Lipinski definition) is 2. The van der Waals surface area contributed by atoms with Crippen molar-refractivity contribution >= 4 is 22.6 Å². The second-order valence-electron chi connectivity index (χ2n) is 7.36. The number of hydrogen-bond acceptors (Lipinski definition) is 4. The number of anilines is 1. The average molecular weight is 380 g/mol. The fraction of sp³-hybridized carbons (Fsp3) is 0.350. The lowest BCUT2D eigenvalue weighted by molar-refractivity contribution is 0.722. The molecule has 2 N–H and O–H groups in total. The van der Waals surface area contributed by atoms with Crippen LogP contribution in [0.1, 0.15) is 22.5 Å². The SMILES string of the molecule is Cc1cc(C)cc(NCCn2c(C)c(C)n3c4c(=O)[nH]c(=O)n(C)c4nc23)c1. The fourth-order valence-electron chi connectivity index (χ4n) is 3.83. The molecule has 4 rings (SSSR count). The zero-order valence-corrected chi connectivity index (χ0v) is 16.8. The number of nitrogens with one attached hydrogen (secondary N) is 2. The van der Waals surface area contributed by atoms with Crippen molar-refractivity contribution in [1.29, 1.82) is 0 Å². The first-order valence-corrected chi connectivity index (χ1v) is 9.27. The van der Waals surface area contributed by atoms with E-state index in [9.17, 15) is 9.59 Å². The monoisotopic (exact) mass is 380 g/mol. The Morgan fingerprint density at radius 3 is 2.39 bits per heavy atom. The first-order valence-electron chi connectivity index (χ1n) is 9.27. The van der Waals surface area contributed by atoms with Gasteiger partial charge in [0, 0.05) is 37.2 Å². The number of aromatic nitrogens is 5. The molecule has 3 aromatic heterocycles. The molecular weight excluding hydrogens is 356 g/mol. The summed E-state index contributed by atoms with van der Waals surface area (Å²) >= 11 is 0. The van der Waals surface area contributed by atoms with Crippen molar-refractivity contribution < 1.29 is 0 Å². The number of benzene rings is 1. The van der Waals surface area contributed by atoms with Crippen LogP contribution in [0.4, 0.5) is 5.69 Å². The third-order valence-corrected chi connectivity index (χ3v) is 5.29. The van der Waals surface area contributed by atoms with E-state index in [2.05, 4.69) is 51.9 Å². The van der Waals surface area contributed by atoms with Crippen LogP contribution in [0.2, 0.25) is 0 Å². The van der Waals surface area contributed by atoms with Gasteiger partial charge in [-0.3, -0.25) is 18.7 Å². The van der Waals surface area contributed by atoms with E-state index < -0.39 is 11.2 Å². The molecule has 1 aromatic carbocycles. The first kappa shape index (κ1) is 18.1. The van der Waals surface area contributed by atoms with E-state index in [-0.39, 0.29) is 0 Å². The molecule has 0 aliphatic heterocycles. The highest BCUT2D eigenvalue weighted by atomic mass is 16.2. The quantitative estimate of drug-likeness (QED) is 0.567. The van der Waals surface area contributed by atoms with Gasteiger partial charge in [0.1, 0.15) is 0 Å². The number of H-pyrrole nitrogens is 1. The van der Waals surface area contributed by atoms with E-state index in [1.54, 1.807) is 7.05 Å². The fourth-order valence-corrected chi connectivity index (χ4v) is 3.83. The zero-order valence-electron chi connectivity index (χ0n) is 16.8. The highest BCUT2D eigenvalue weighted by Crippen LogP contribution is 2.20. The standard InChI is InChI=1S/C20H24N6O2/c1-11-8-12(2)10-15(9-11)21-6-7-25-13(3)14(4)26-16-17(22-19(25)26)24(5)20(28)23-18(16)27/h8-10,21H,6-7H2,1-5H3,(H,23,27,28). The number of nitrogens with zero attached hydrogens (tertiary/aromatic N) is 4. The molecule has 0 radical (unpaired) electrons. The largest absolute Gasteiger partial charge is 0.383 e. The summed E-state index contributed by atoms with van der Waals surface area (Å²) in [7, 11) is 1.61. The Labute approximate surface area is 161 Å². The predicted molar refractivity (Wildman–Crippen MR) is 110 cm³/mol. The molecule has 8 heteroatoms. The molecular formula is C20H24N6O2. The summed E-state index contributed by atoms with van der Waals surface area (Å²) in [4.78, 5) is 31.3. The molecule has 28 heavy (non-hydrogen) atoms. The summed E-state index contributed by atoms with van der Waals surface area (Å²) in [6, 6.07) is 6.39. The average Bonchev–Trinajstić information content (AvgIpc) is 3.11. The maximum atomic E-state index is 12.4. The summed E-state index contributed by atoms with van der Waals surface area (Å²) in [6.45, 7) is 9.54. The summed E-state index contributed by atoms with van der Waals surface area (Å²) in [5, 5.41) is 3.46. The van der Waals surface area contributed by atoms with Crippen LogP contribution in [0.25, 0.3) is 16.9 Å². The molecule has 0 saturated carbocycles.